The van der Waals surface area contributed by atoms with Crippen molar-refractivity contribution in [2.45, 2.75) is 45.4 Å². The van der Waals surface area contributed by atoms with Crippen LogP contribution in [0.4, 0.5) is 11.4 Å². The van der Waals surface area contributed by atoms with E-state index in [2.05, 4.69) is 29.4 Å². The van der Waals surface area contributed by atoms with Crippen LogP contribution >= 0.6 is 11.8 Å². The van der Waals surface area contributed by atoms with Crippen LogP contribution in [0.2, 0.25) is 0 Å². The predicted molar refractivity (Wildman–Crippen MR) is 127 cm³/mol. The lowest BCUT2D eigenvalue weighted by atomic mass is 10.0. The summed E-state index contributed by atoms with van der Waals surface area (Å²) in [5.41, 5.74) is 3.19. The molecule has 0 bridgehead atoms. The van der Waals surface area contributed by atoms with Crippen molar-refractivity contribution in [2.75, 3.05) is 16.9 Å². The number of nitrogens with one attached hydrogen (secondary N) is 1. The fourth-order valence-corrected chi connectivity index (χ4v) is 3.74. The van der Waals surface area contributed by atoms with Gasteiger partial charge in [0, 0.05) is 12.1 Å². The van der Waals surface area contributed by atoms with E-state index in [0.29, 0.717) is 22.6 Å². The van der Waals surface area contributed by atoms with Crippen LogP contribution in [0.25, 0.3) is 0 Å². The third-order valence-electron chi connectivity index (χ3n) is 4.92. The maximum atomic E-state index is 12.4. The number of anilines is 1. The summed E-state index contributed by atoms with van der Waals surface area (Å²) in [7, 11) is 0. The average molecular weight is 471 g/mol. The molecule has 0 aliphatic carbocycles. The van der Waals surface area contributed by atoms with Crippen molar-refractivity contribution in [2.24, 2.45) is 0 Å². The molecule has 0 saturated carbocycles. The maximum Gasteiger partial charge on any atom is 0.271 e. The second kappa shape index (κ2) is 10.3. The molecule has 10 nitrogen and oxygen atoms in total. The summed E-state index contributed by atoms with van der Waals surface area (Å²) < 4.78 is 7.25. The van der Waals surface area contributed by atoms with Gasteiger partial charge in [-0.25, -0.2) is 4.68 Å². The summed E-state index contributed by atoms with van der Waals surface area (Å²) in [5.74, 6) is 7.25. The molecule has 3 rings (SSSR count). The highest BCUT2D eigenvalue weighted by atomic mass is 32.2. The van der Waals surface area contributed by atoms with E-state index in [-0.39, 0.29) is 24.0 Å². The Morgan fingerprint density at radius 2 is 2.00 bits per heavy atom. The number of nitrogens with two attached hydrogens (primary N) is 1. The summed E-state index contributed by atoms with van der Waals surface area (Å²) in [6, 6.07) is 10.4. The second-order valence-corrected chi connectivity index (χ2v) is 8.79. The number of nitrogens with zero attached hydrogens (tertiary/aromatic N) is 4. The molecule has 11 heteroatoms. The van der Waals surface area contributed by atoms with Crippen molar-refractivity contribution in [3.8, 4) is 5.75 Å². The van der Waals surface area contributed by atoms with Crippen LogP contribution in [-0.4, -0.2) is 31.5 Å². The quantitative estimate of drug-likeness (QED) is 0.207. The molecule has 2 aromatic carbocycles. The summed E-state index contributed by atoms with van der Waals surface area (Å²) in [4.78, 5) is 22.8. The number of aromatic nitrogens is 3. The zero-order valence-electron chi connectivity index (χ0n) is 18.9. The fraction of sp³-hybridized carbons (Fsp3) is 0.318. The van der Waals surface area contributed by atoms with Gasteiger partial charge in [-0.05, 0) is 42.5 Å². The number of ether oxygens (including phenoxy) is 1. The number of carbonyl (C=O) groups is 1. The predicted octanol–water partition coefficient (Wildman–Crippen LogP) is 3.95. The van der Waals surface area contributed by atoms with Gasteiger partial charge in [0.05, 0.1) is 16.4 Å². The largest absolute Gasteiger partial charge is 0.485 e. The SMILES string of the molecule is Cc1ccc(C(C)C)c(OCc2nnc(SCC(=O)Nc3cc([N+](=O)[O-])ccc3C)n2N)c1. The van der Waals surface area contributed by atoms with Crippen molar-refractivity contribution < 1.29 is 14.5 Å². The Hall–Kier alpha value is -3.60. The lowest BCUT2D eigenvalue weighted by Crippen LogP contribution is -2.18. The molecule has 0 saturated heterocycles. The normalized spacial score (nSPS) is 10.9. The number of aryl methyl sites for hydroxylation is 2. The molecular weight excluding hydrogens is 444 g/mol. The van der Waals surface area contributed by atoms with Crippen molar-refractivity contribution in [1.29, 1.82) is 0 Å². The molecule has 0 spiro atoms. The van der Waals surface area contributed by atoms with Crippen LogP contribution in [0, 0.1) is 24.0 Å². The first kappa shape index (κ1) is 24.1. The van der Waals surface area contributed by atoms with E-state index in [9.17, 15) is 14.9 Å². The Morgan fingerprint density at radius 1 is 1.24 bits per heavy atom. The molecular formula is C22H26N6O4S. The molecule has 0 radical (unpaired) electrons. The van der Waals surface area contributed by atoms with Gasteiger partial charge >= 0.3 is 0 Å². The number of hydrogen-bond acceptors (Lipinski definition) is 8. The molecule has 3 aromatic rings. The van der Waals surface area contributed by atoms with Gasteiger partial charge in [-0.1, -0.05) is 43.8 Å². The number of rotatable bonds is 9. The molecule has 0 fully saturated rings. The summed E-state index contributed by atoms with van der Waals surface area (Å²) in [5, 5.41) is 22.1. The van der Waals surface area contributed by atoms with E-state index in [1.165, 1.54) is 16.8 Å². The Morgan fingerprint density at radius 3 is 2.70 bits per heavy atom. The minimum absolute atomic E-state index is 0.00764. The molecule has 1 aromatic heterocycles. The Labute approximate surface area is 195 Å². The molecule has 0 atom stereocenters. The number of carbonyl (C=O) groups excluding carboxylic acids is 1. The zero-order chi connectivity index (χ0) is 24.1. The lowest BCUT2D eigenvalue weighted by molar-refractivity contribution is -0.384. The minimum Gasteiger partial charge on any atom is -0.485 e. The number of benzene rings is 2. The lowest BCUT2D eigenvalue weighted by Gasteiger charge is -2.14. The Kier molecular flexibility index (Phi) is 7.54. The topological polar surface area (TPSA) is 138 Å². The maximum absolute atomic E-state index is 12.4. The molecule has 1 heterocycles. The van der Waals surface area contributed by atoms with Gasteiger partial charge in [0.1, 0.15) is 12.4 Å². The van der Waals surface area contributed by atoms with E-state index in [1.807, 2.05) is 25.1 Å². The summed E-state index contributed by atoms with van der Waals surface area (Å²) >= 11 is 1.11. The van der Waals surface area contributed by atoms with Crippen molar-refractivity contribution in [1.82, 2.24) is 14.9 Å². The number of amides is 1. The highest BCUT2D eigenvalue weighted by molar-refractivity contribution is 7.99. The molecule has 3 N–H and O–H groups in total. The van der Waals surface area contributed by atoms with Gasteiger partial charge in [-0.2, -0.15) is 0 Å². The molecule has 0 unspecified atom stereocenters. The van der Waals surface area contributed by atoms with E-state index in [1.54, 1.807) is 13.0 Å². The van der Waals surface area contributed by atoms with Gasteiger partial charge in [-0.3, -0.25) is 14.9 Å². The first-order valence-electron chi connectivity index (χ1n) is 10.3. The van der Waals surface area contributed by atoms with Crippen LogP contribution in [0.5, 0.6) is 5.75 Å². The number of nitrogen functional groups attached to an aromatic ring is 1. The van der Waals surface area contributed by atoms with E-state index < -0.39 is 4.92 Å². The van der Waals surface area contributed by atoms with Crippen LogP contribution < -0.4 is 15.9 Å². The molecule has 33 heavy (non-hydrogen) atoms. The first-order chi connectivity index (χ1) is 15.7. The van der Waals surface area contributed by atoms with E-state index >= 15 is 0 Å². The van der Waals surface area contributed by atoms with Gasteiger partial charge in [0.25, 0.3) is 5.69 Å². The van der Waals surface area contributed by atoms with Gasteiger partial charge < -0.3 is 15.9 Å². The van der Waals surface area contributed by atoms with Crippen LogP contribution in [-0.2, 0) is 11.4 Å². The standard InChI is InChI=1S/C22H26N6O4S/c1-13(2)17-8-5-14(3)9-19(17)32-11-20-25-26-22(27(20)23)33-12-21(29)24-18-10-16(28(30)31)7-6-15(18)4/h5-10,13H,11-12,23H2,1-4H3,(H,24,29). The molecule has 0 aliphatic heterocycles. The number of nitro benzene ring substituents is 1. The fourth-order valence-electron chi connectivity index (χ4n) is 3.06. The minimum atomic E-state index is -0.509. The molecule has 1 amide bonds. The first-order valence-corrected chi connectivity index (χ1v) is 11.2. The van der Waals surface area contributed by atoms with Crippen molar-refractivity contribution in [3.63, 3.8) is 0 Å². The van der Waals surface area contributed by atoms with Gasteiger partial charge in [-0.15, -0.1) is 10.2 Å². The third kappa shape index (κ3) is 6.01. The highest BCUT2D eigenvalue weighted by Crippen LogP contribution is 2.28. The summed E-state index contributed by atoms with van der Waals surface area (Å²) in [6.07, 6.45) is 0. The Balaban J connectivity index is 1.61. The third-order valence-corrected chi connectivity index (χ3v) is 5.86. The number of hydrogen-bond donors (Lipinski definition) is 2. The van der Waals surface area contributed by atoms with Crippen LogP contribution in [0.3, 0.4) is 0 Å². The number of thioether (sulfide) groups is 1. The number of non-ortho nitro benzene ring substituents is 1. The highest BCUT2D eigenvalue weighted by Gasteiger charge is 2.16. The van der Waals surface area contributed by atoms with Crippen molar-refractivity contribution in [3.05, 3.63) is 69.0 Å². The van der Waals surface area contributed by atoms with Crippen LogP contribution in [0.15, 0.2) is 41.6 Å². The van der Waals surface area contributed by atoms with E-state index in [0.717, 1.165) is 34.2 Å². The zero-order valence-corrected chi connectivity index (χ0v) is 19.7. The molecule has 0 aliphatic rings. The van der Waals surface area contributed by atoms with E-state index in [4.69, 9.17) is 10.6 Å². The van der Waals surface area contributed by atoms with Crippen LogP contribution in [0.1, 0.15) is 42.3 Å². The monoisotopic (exact) mass is 470 g/mol. The van der Waals surface area contributed by atoms with Crippen molar-refractivity contribution >= 4 is 29.0 Å². The van der Waals surface area contributed by atoms with Gasteiger partial charge in [0.15, 0.2) is 5.82 Å². The number of nitro groups is 1. The van der Waals surface area contributed by atoms with Gasteiger partial charge in [0.2, 0.25) is 11.1 Å². The average Bonchev–Trinajstić information content (AvgIpc) is 3.11. The summed E-state index contributed by atoms with van der Waals surface area (Å²) in [6.45, 7) is 8.08. The second-order valence-electron chi connectivity index (χ2n) is 7.85. The smallest absolute Gasteiger partial charge is 0.271 e. The Bertz CT molecular complexity index is 1180. The molecule has 174 valence electrons.